The Morgan fingerprint density at radius 2 is 1.85 bits per heavy atom. The summed E-state index contributed by atoms with van der Waals surface area (Å²) < 4.78 is 28.5. The fourth-order valence-electron chi connectivity index (χ4n) is 4.80. The van der Waals surface area contributed by atoms with Crippen molar-refractivity contribution >= 4 is 32.5 Å². The Balaban J connectivity index is 1.61. The van der Waals surface area contributed by atoms with E-state index in [0.29, 0.717) is 26.1 Å². The van der Waals surface area contributed by atoms with E-state index >= 15 is 0 Å². The zero-order chi connectivity index (χ0) is 23.3. The molecule has 0 bridgehead atoms. The third kappa shape index (κ3) is 3.80. The van der Waals surface area contributed by atoms with E-state index in [1.807, 2.05) is 36.4 Å². The number of carbonyl (C=O) groups is 1. The normalized spacial score (nSPS) is 22.5. The van der Waals surface area contributed by atoms with Gasteiger partial charge in [0.25, 0.3) is 0 Å². The Labute approximate surface area is 193 Å². The number of nitrogens with one attached hydrogen (secondary N) is 1. The summed E-state index contributed by atoms with van der Waals surface area (Å²) in [6.07, 6.45) is 0.272. The van der Waals surface area contributed by atoms with E-state index in [2.05, 4.69) is 9.88 Å². The molecule has 0 radical (unpaired) electrons. The maximum Gasteiger partial charge on any atom is 0.243 e. The summed E-state index contributed by atoms with van der Waals surface area (Å²) in [6, 6.07) is 14.3. The number of anilines is 1. The highest BCUT2D eigenvalue weighted by atomic mass is 32.2. The Morgan fingerprint density at radius 1 is 1.06 bits per heavy atom. The van der Waals surface area contributed by atoms with Crippen LogP contribution >= 0.6 is 0 Å². The third-order valence-electron chi connectivity index (χ3n) is 6.72. The van der Waals surface area contributed by atoms with Gasteiger partial charge in [-0.15, -0.1) is 0 Å². The van der Waals surface area contributed by atoms with E-state index in [1.165, 1.54) is 4.31 Å². The maximum atomic E-state index is 13.6. The van der Waals surface area contributed by atoms with Crippen molar-refractivity contribution in [3.63, 3.8) is 0 Å². The van der Waals surface area contributed by atoms with Gasteiger partial charge in [-0.25, -0.2) is 8.42 Å². The number of para-hydroxylation sites is 1. The van der Waals surface area contributed by atoms with Gasteiger partial charge in [-0.05, 0) is 43.7 Å². The van der Waals surface area contributed by atoms with Crippen LogP contribution in [0.5, 0.6) is 0 Å². The van der Waals surface area contributed by atoms with Crippen LogP contribution in [0.15, 0.2) is 53.4 Å². The number of nitrogens with zero attached hydrogens (tertiary/aromatic N) is 3. The highest BCUT2D eigenvalue weighted by Gasteiger charge is 2.38. The first-order chi connectivity index (χ1) is 15.8. The molecule has 174 valence electrons. The number of piperazine rings is 1. The van der Waals surface area contributed by atoms with Crippen LogP contribution in [-0.2, 0) is 14.8 Å². The minimum Gasteiger partial charge on any atom is -0.391 e. The standard InChI is InChI=1S/C24H28N4O4S/c1-16-24(30)26(2)11-12-28(16)33(31,32)19-7-8-23(27-10-9-18(29)15-27)20(14-19)22-13-17-5-3-4-6-21(17)25-22/h3-8,13-14,16,18,25,29H,9-12,15H2,1-2H3/t16-,18+/m1/s1. The van der Waals surface area contributed by atoms with Gasteiger partial charge in [0.2, 0.25) is 15.9 Å². The fraction of sp³-hybridized carbons (Fsp3) is 0.375. The maximum absolute atomic E-state index is 13.6. The molecule has 8 nitrogen and oxygen atoms in total. The molecule has 2 N–H and O–H groups in total. The van der Waals surface area contributed by atoms with E-state index in [4.69, 9.17) is 0 Å². The van der Waals surface area contributed by atoms with Gasteiger partial charge in [-0.1, -0.05) is 18.2 Å². The van der Waals surface area contributed by atoms with Gasteiger partial charge < -0.3 is 19.9 Å². The summed E-state index contributed by atoms with van der Waals surface area (Å²) in [5.74, 6) is -0.205. The van der Waals surface area contributed by atoms with Crippen LogP contribution in [0.25, 0.3) is 22.2 Å². The molecule has 3 heterocycles. The number of benzene rings is 2. The summed E-state index contributed by atoms with van der Waals surface area (Å²) in [4.78, 5) is 19.7. The molecule has 0 unspecified atom stereocenters. The van der Waals surface area contributed by atoms with Gasteiger partial charge in [-0.3, -0.25) is 4.79 Å². The van der Waals surface area contributed by atoms with Crippen molar-refractivity contribution < 1.29 is 18.3 Å². The van der Waals surface area contributed by atoms with Gasteiger partial charge in [0, 0.05) is 61.1 Å². The van der Waals surface area contributed by atoms with Crippen molar-refractivity contribution in [2.45, 2.75) is 30.4 Å². The number of hydrogen-bond acceptors (Lipinski definition) is 5. The Hall–Kier alpha value is -2.88. The van der Waals surface area contributed by atoms with Crippen LogP contribution in [0.2, 0.25) is 0 Å². The zero-order valence-corrected chi connectivity index (χ0v) is 19.5. The average Bonchev–Trinajstić information content (AvgIpc) is 3.43. The molecule has 0 spiro atoms. The number of fused-ring (bicyclic) bond motifs is 1. The summed E-state index contributed by atoms with van der Waals surface area (Å²) in [5, 5.41) is 11.1. The largest absolute Gasteiger partial charge is 0.391 e. The van der Waals surface area contributed by atoms with E-state index in [-0.39, 0.29) is 17.3 Å². The number of rotatable bonds is 4. The van der Waals surface area contributed by atoms with Gasteiger partial charge in [0.15, 0.2) is 0 Å². The number of aromatic nitrogens is 1. The SMILES string of the molecule is C[C@@H]1C(=O)N(C)CCN1S(=O)(=O)c1ccc(N2CC[C@H](O)C2)c(-c2cc3ccccc3[nH]2)c1. The number of likely N-dealkylation sites (N-methyl/N-ethyl adjacent to an activating group) is 1. The number of aliphatic hydroxyl groups excluding tert-OH is 1. The minimum atomic E-state index is -3.88. The predicted molar refractivity (Wildman–Crippen MR) is 128 cm³/mol. The van der Waals surface area contributed by atoms with Crippen molar-refractivity contribution in [1.82, 2.24) is 14.2 Å². The van der Waals surface area contributed by atoms with E-state index in [1.54, 1.807) is 31.0 Å². The quantitative estimate of drug-likeness (QED) is 0.612. The highest BCUT2D eigenvalue weighted by molar-refractivity contribution is 7.89. The number of amides is 1. The van der Waals surface area contributed by atoms with Crippen LogP contribution < -0.4 is 4.90 Å². The van der Waals surface area contributed by atoms with Crippen molar-refractivity contribution in [3.05, 3.63) is 48.5 Å². The molecule has 1 amide bonds. The second-order valence-corrected chi connectivity index (χ2v) is 10.8. The molecule has 33 heavy (non-hydrogen) atoms. The molecular weight excluding hydrogens is 440 g/mol. The summed E-state index contributed by atoms with van der Waals surface area (Å²) in [7, 11) is -2.18. The minimum absolute atomic E-state index is 0.156. The molecule has 2 aliphatic heterocycles. The predicted octanol–water partition coefficient (Wildman–Crippen LogP) is 2.26. The number of hydrogen-bond donors (Lipinski definition) is 2. The first-order valence-electron chi connectivity index (χ1n) is 11.2. The Kier molecular flexibility index (Phi) is 5.43. The van der Waals surface area contributed by atoms with E-state index in [9.17, 15) is 18.3 Å². The lowest BCUT2D eigenvalue weighted by Gasteiger charge is -2.36. The molecule has 2 saturated heterocycles. The Morgan fingerprint density at radius 3 is 2.58 bits per heavy atom. The smallest absolute Gasteiger partial charge is 0.243 e. The lowest BCUT2D eigenvalue weighted by Crippen LogP contribution is -2.56. The summed E-state index contributed by atoms with van der Waals surface area (Å²) >= 11 is 0. The van der Waals surface area contributed by atoms with Crippen molar-refractivity contribution in [2.24, 2.45) is 0 Å². The molecule has 0 aliphatic carbocycles. The van der Waals surface area contributed by atoms with Gasteiger partial charge in [-0.2, -0.15) is 4.31 Å². The highest BCUT2D eigenvalue weighted by Crippen LogP contribution is 2.37. The van der Waals surface area contributed by atoms with E-state index in [0.717, 1.165) is 27.8 Å². The number of β-amino-alcohol motifs (C(OH)–C–C–N with tert-alkyl or cyclic N) is 1. The lowest BCUT2D eigenvalue weighted by atomic mass is 10.1. The second kappa shape index (κ2) is 8.16. The number of H-pyrrole nitrogens is 1. The number of sulfonamides is 1. The number of carbonyl (C=O) groups excluding carboxylic acids is 1. The zero-order valence-electron chi connectivity index (χ0n) is 18.7. The summed E-state index contributed by atoms with van der Waals surface area (Å²) in [6.45, 7) is 3.45. The van der Waals surface area contributed by atoms with Crippen molar-refractivity contribution in [1.29, 1.82) is 0 Å². The molecule has 2 fully saturated rings. The second-order valence-electron chi connectivity index (χ2n) is 8.89. The molecule has 2 aromatic carbocycles. The molecular formula is C24H28N4O4S. The number of aromatic amines is 1. The van der Waals surface area contributed by atoms with Gasteiger partial charge in [0.05, 0.1) is 11.0 Å². The van der Waals surface area contributed by atoms with Crippen LogP contribution in [0.3, 0.4) is 0 Å². The average molecular weight is 469 g/mol. The molecule has 0 saturated carbocycles. The molecule has 3 aromatic rings. The first-order valence-corrected chi connectivity index (χ1v) is 12.6. The lowest BCUT2D eigenvalue weighted by molar-refractivity contribution is -0.136. The molecule has 9 heteroatoms. The number of aliphatic hydroxyl groups is 1. The van der Waals surface area contributed by atoms with Gasteiger partial charge >= 0.3 is 0 Å². The van der Waals surface area contributed by atoms with Crippen LogP contribution in [0.4, 0.5) is 5.69 Å². The topological polar surface area (TPSA) is 97.0 Å². The Bertz CT molecular complexity index is 1290. The van der Waals surface area contributed by atoms with Crippen LogP contribution in [-0.4, -0.2) is 79.0 Å². The molecule has 5 rings (SSSR count). The molecule has 1 aromatic heterocycles. The molecule has 2 atom stereocenters. The van der Waals surface area contributed by atoms with Crippen LogP contribution in [0.1, 0.15) is 13.3 Å². The molecule has 2 aliphatic rings. The fourth-order valence-corrected chi connectivity index (χ4v) is 6.41. The monoisotopic (exact) mass is 468 g/mol. The summed E-state index contributed by atoms with van der Waals surface area (Å²) in [5.41, 5.74) is 3.41. The van der Waals surface area contributed by atoms with Crippen molar-refractivity contribution in [2.75, 3.05) is 38.1 Å². The first kappa shape index (κ1) is 21.9. The van der Waals surface area contributed by atoms with E-state index < -0.39 is 22.2 Å². The van der Waals surface area contributed by atoms with Crippen molar-refractivity contribution in [3.8, 4) is 11.3 Å². The third-order valence-corrected chi connectivity index (χ3v) is 8.69. The van der Waals surface area contributed by atoms with Gasteiger partial charge in [0.1, 0.15) is 6.04 Å². The van der Waals surface area contributed by atoms with Crippen LogP contribution in [0, 0.1) is 0 Å².